The summed E-state index contributed by atoms with van der Waals surface area (Å²) in [5, 5.41) is 8.25. The van der Waals surface area contributed by atoms with Gasteiger partial charge in [0.25, 0.3) is 0 Å². The Balaban J connectivity index is 1.54. The molecule has 1 aliphatic heterocycles. The van der Waals surface area contributed by atoms with Crippen LogP contribution in [-0.4, -0.2) is 47.2 Å². The predicted molar refractivity (Wildman–Crippen MR) is 85.7 cm³/mol. The monoisotopic (exact) mass is 314 g/mol. The molecule has 2 heterocycles. The summed E-state index contributed by atoms with van der Waals surface area (Å²) in [4.78, 5) is 16.3. The Labute approximate surface area is 134 Å². The van der Waals surface area contributed by atoms with Crippen molar-refractivity contribution < 1.29 is 9.18 Å². The molecule has 0 saturated carbocycles. The van der Waals surface area contributed by atoms with Crippen LogP contribution in [0.4, 0.5) is 10.2 Å². The molecule has 0 radical (unpaired) electrons. The maximum atomic E-state index is 12.9. The van der Waals surface area contributed by atoms with Gasteiger partial charge in [-0.15, -0.1) is 5.10 Å². The Kier molecular flexibility index (Phi) is 4.50. The van der Waals surface area contributed by atoms with Gasteiger partial charge in [0.2, 0.25) is 5.91 Å². The normalized spacial score (nSPS) is 14.9. The molecule has 1 fully saturated rings. The first-order valence-electron chi connectivity index (χ1n) is 7.69. The molecule has 1 aliphatic rings. The lowest BCUT2D eigenvalue weighted by atomic mass is 10.1. The summed E-state index contributed by atoms with van der Waals surface area (Å²) in [7, 11) is 0. The second-order valence-corrected chi connectivity index (χ2v) is 5.70. The van der Waals surface area contributed by atoms with E-state index in [2.05, 4.69) is 15.1 Å². The summed E-state index contributed by atoms with van der Waals surface area (Å²) in [5.74, 6) is 0.640. The van der Waals surface area contributed by atoms with Crippen molar-refractivity contribution in [2.75, 3.05) is 31.1 Å². The van der Waals surface area contributed by atoms with Gasteiger partial charge in [0.15, 0.2) is 5.82 Å². The van der Waals surface area contributed by atoms with Crippen molar-refractivity contribution in [3.63, 3.8) is 0 Å². The van der Waals surface area contributed by atoms with E-state index in [4.69, 9.17) is 0 Å². The van der Waals surface area contributed by atoms with Gasteiger partial charge in [0.05, 0.1) is 12.1 Å². The van der Waals surface area contributed by atoms with Crippen molar-refractivity contribution in [1.29, 1.82) is 0 Å². The Morgan fingerprint density at radius 3 is 2.35 bits per heavy atom. The van der Waals surface area contributed by atoms with E-state index in [1.54, 1.807) is 12.1 Å². The van der Waals surface area contributed by atoms with Gasteiger partial charge in [-0.25, -0.2) is 4.39 Å². The molecule has 3 rings (SSSR count). The van der Waals surface area contributed by atoms with E-state index < -0.39 is 0 Å². The minimum Gasteiger partial charge on any atom is -0.352 e. The summed E-state index contributed by atoms with van der Waals surface area (Å²) in [6, 6.07) is 9.98. The van der Waals surface area contributed by atoms with Crippen LogP contribution in [-0.2, 0) is 11.2 Å². The number of halogens is 1. The molecular weight excluding hydrogens is 295 g/mol. The Hall–Kier alpha value is -2.50. The Morgan fingerprint density at radius 2 is 1.74 bits per heavy atom. The molecule has 1 amide bonds. The van der Waals surface area contributed by atoms with E-state index in [9.17, 15) is 9.18 Å². The number of anilines is 1. The molecule has 0 unspecified atom stereocenters. The molecular formula is C17H19FN4O. The topological polar surface area (TPSA) is 49.3 Å². The number of carbonyl (C=O) groups is 1. The number of aromatic nitrogens is 2. The number of amides is 1. The molecule has 1 aromatic heterocycles. The van der Waals surface area contributed by atoms with Gasteiger partial charge < -0.3 is 9.80 Å². The zero-order valence-electron chi connectivity index (χ0n) is 13.1. The molecule has 120 valence electrons. The van der Waals surface area contributed by atoms with Crippen molar-refractivity contribution >= 4 is 11.7 Å². The average Bonchev–Trinajstić information content (AvgIpc) is 2.58. The predicted octanol–water partition coefficient (Wildman–Crippen LogP) is 1.82. The maximum Gasteiger partial charge on any atom is 0.227 e. The number of hydrogen-bond acceptors (Lipinski definition) is 4. The molecule has 0 atom stereocenters. The first-order chi connectivity index (χ1) is 11.1. The van der Waals surface area contributed by atoms with Crippen LogP contribution in [0.1, 0.15) is 11.3 Å². The summed E-state index contributed by atoms with van der Waals surface area (Å²) in [5.41, 5.74) is 1.73. The minimum absolute atomic E-state index is 0.0752. The molecule has 5 nitrogen and oxygen atoms in total. The van der Waals surface area contributed by atoms with Crippen LogP contribution in [0.15, 0.2) is 36.4 Å². The standard InChI is InChI=1S/C17H19FN4O/c1-13-2-7-16(20-19-13)21-8-10-22(11-9-21)17(23)12-14-3-5-15(18)6-4-14/h2-7H,8-12H2,1H3. The van der Waals surface area contributed by atoms with Crippen LogP contribution in [0.3, 0.4) is 0 Å². The van der Waals surface area contributed by atoms with Crippen LogP contribution < -0.4 is 4.90 Å². The number of piperazine rings is 1. The molecule has 1 aromatic carbocycles. The first-order valence-corrected chi connectivity index (χ1v) is 7.69. The highest BCUT2D eigenvalue weighted by Gasteiger charge is 2.22. The molecule has 0 aliphatic carbocycles. The van der Waals surface area contributed by atoms with Gasteiger partial charge >= 0.3 is 0 Å². The summed E-state index contributed by atoms with van der Waals surface area (Å²) < 4.78 is 12.9. The van der Waals surface area contributed by atoms with Crippen molar-refractivity contribution in [2.45, 2.75) is 13.3 Å². The van der Waals surface area contributed by atoms with Gasteiger partial charge in [0, 0.05) is 26.2 Å². The van der Waals surface area contributed by atoms with Crippen LogP contribution in [0.5, 0.6) is 0 Å². The van der Waals surface area contributed by atoms with E-state index in [0.717, 1.165) is 30.2 Å². The van der Waals surface area contributed by atoms with E-state index >= 15 is 0 Å². The molecule has 1 saturated heterocycles. The lowest BCUT2D eigenvalue weighted by molar-refractivity contribution is -0.130. The third kappa shape index (κ3) is 3.83. The smallest absolute Gasteiger partial charge is 0.227 e. The van der Waals surface area contributed by atoms with Gasteiger partial charge in [-0.3, -0.25) is 4.79 Å². The summed E-state index contributed by atoms with van der Waals surface area (Å²) in [6.45, 7) is 4.72. The largest absolute Gasteiger partial charge is 0.352 e. The van der Waals surface area contributed by atoms with Crippen molar-refractivity contribution in [1.82, 2.24) is 15.1 Å². The number of benzene rings is 1. The molecule has 0 N–H and O–H groups in total. The SMILES string of the molecule is Cc1ccc(N2CCN(C(=O)Cc3ccc(F)cc3)CC2)nn1. The van der Waals surface area contributed by atoms with Crippen molar-refractivity contribution in [2.24, 2.45) is 0 Å². The Morgan fingerprint density at radius 1 is 1.04 bits per heavy atom. The van der Waals surface area contributed by atoms with Crippen molar-refractivity contribution in [3.8, 4) is 0 Å². The van der Waals surface area contributed by atoms with Crippen LogP contribution in [0.25, 0.3) is 0 Å². The molecule has 0 bridgehead atoms. The van der Waals surface area contributed by atoms with Crippen LogP contribution >= 0.6 is 0 Å². The average molecular weight is 314 g/mol. The van der Waals surface area contributed by atoms with Gasteiger partial charge in [-0.05, 0) is 36.8 Å². The number of hydrogen-bond donors (Lipinski definition) is 0. The lowest BCUT2D eigenvalue weighted by Gasteiger charge is -2.35. The number of rotatable bonds is 3. The van der Waals surface area contributed by atoms with Crippen LogP contribution in [0.2, 0.25) is 0 Å². The van der Waals surface area contributed by atoms with Gasteiger partial charge in [-0.1, -0.05) is 12.1 Å². The van der Waals surface area contributed by atoms with E-state index in [0.29, 0.717) is 19.5 Å². The number of nitrogens with zero attached hydrogens (tertiary/aromatic N) is 4. The van der Waals surface area contributed by atoms with E-state index in [1.165, 1.54) is 12.1 Å². The molecule has 23 heavy (non-hydrogen) atoms. The quantitative estimate of drug-likeness (QED) is 0.867. The number of carbonyl (C=O) groups excluding carboxylic acids is 1. The molecule has 2 aromatic rings. The summed E-state index contributed by atoms with van der Waals surface area (Å²) >= 11 is 0. The zero-order chi connectivity index (χ0) is 16.2. The highest BCUT2D eigenvalue weighted by atomic mass is 19.1. The fourth-order valence-corrected chi connectivity index (χ4v) is 2.63. The van der Waals surface area contributed by atoms with Crippen LogP contribution in [0, 0.1) is 12.7 Å². The highest BCUT2D eigenvalue weighted by Crippen LogP contribution is 2.14. The van der Waals surface area contributed by atoms with E-state index in [1.807, 2.05) is 24.0 Å². The van der Waals surface area contributed by atoms with Gasteiger partial charge in [0.1, 0.15) is 5.82 Å². The second kappa shape index (κ2) is 6.73. The zero-order valence-corrected chi connectivity index (χ0v) is 13.1. The van der Waals surface area contributed by atoms with Crippen molar-refractivity contribution in [3.05, 3.63) is 53.5 Å². The number of aryl methyl sites for hydroxylation is 1. The third-order valence-electron chi connectivity index (χ3n) is 4.01. The van der Waals surface area contributed by atoms with Gasteiger partial charge in [-0.2, -0.15) is 5.10 Å². The fourth-order valence-electron chi connectivity index (χ4n) is 2.63. The fraction of sp³-hybridized carbons (Fsp3) is 0.353. The summed E-state index contributed by atoms with van der Waals surface area (Å²) in [6.07, 6.45) is 0.310. The minimum atomic E-state index is -0.283. The lowest BCUT2D eigenvalue weighted by Crippen LogP contribution is -2.49. The first kappa shape index (κ1) is 15.4. The molecule has 6 heteroatoms. The molecule has 0 spiro atoms. The highest BCUT2D eigenvalue weighted by molar-refractivity contribution is 5.79. The second-order valence-electron chi connectivity index (χ2n) is 5.70. The Bertz CT molecular complexity index is 664. The van der Waals surface area contributed by atoms with E-state index in [-0.39, 0.29) is 11.7 Å². The maximum absolute atomic E-state index is 12.9. The third-order valence-corrected chi connectivity index (χ3v) is 4.01.